The second-order valence-corrected chi connectivity index (χ2v) is 6.81. The first kappa shape index (κ1) is 16.2. The van der Waals surface area contributed by atoms with Gasteiger partial charge in [-0.15, -0.1) is 0 Å². The molecule has 2 heterocycles. The lowest BCUT2D eigenvalue weighted by Crippen LogP contribution is -2.44. The Morgan fingerprint density at radius 1 is 1.35 bits per heavy atom. The molecule has 1 aliphatic rings. The maximum atomic E-state index is 12.8. The Balaban J connectivity index is 1.80. The van der Waals surface area contributed by atoms with E-state index in [9.17, 15) is 4.79 Å². The van der Waals surface area contributed by atoms with Crippen molar-refractivity contribution >= 4 is 21.8 Å². The highest BCUT2D eigenvalue weighted by molar-refractivity contribution is 9.10. The number of nitrogens with one attached hydrogen (secondary N) is 1. The number of likely N-dealkylation sites (tertiary alicyclic amines) is 1. The first-order valence-electron chi connectivity index (χ1n) is 7.87. The Morgan fingerprint density at radius 2 is 2.09 bits per heavy atom. The first-order valence-corrected chi connectivity index (χ1v) is 8.66. The molecule has 0 saturated carbocycles. The van der Waals surface area contributed by atoms with Crippen LogP contribution in [0.2, 0.25) is 0 Å². The van der Waals surface area contributed by atoms with E-state index in [1.165, 1.54) is 0 Å². The van der Waals surface area contributed by atoms with Gasteiger partial charge >= 0.3 is 0 Å². The summed E-state index contributed by atoms with van der Waals surface area (Å²) in [5.74, 6) is 0.0818. The molecule has 0 bridgehead atoms. The molecular formula is C17H21BrN4O. The zero-order valence-electron chi connectivity index (χ0n) is 13.4. The molecule has 0 aliphatic carbocycles. The number of hydrogen-bond donors (Lipinski definition) is 1. The molecule has 6 heteroatoms. The van der Waals surface area contributed by atoms with Gasteiger partial charge in [0.05, 0.1) is 23.1 Å². The summed E-state index contributed by atoms with van der Waals surface area (Å²) in [6.07, 6.45) is 3.69. The third-order valence-electron chi connectivity index (χ3n) is 4.48. The molecule has 0 spiro atoms. The predicted molar refractivity (Wildman–Crippen MR) is 94.0 cm³/mol. The van der Waals surface area contributed by atoms with Crippen molar-refractivity contribution in [2.24, 2.45) is 0 Å². The molecular weight excluding hydrogens is 356 g/mol. The zero-order chi connectivity index (χ0) is 16.4. The summed E-state index contributed by atoms with van der Waals surface area (Å²) in [6.45, 7) is 3.54. The van der Waals surface area contributed by atoms with Crippen molar-refractivity contribution in [2.75, 3.05) is 20.1 Å². The number of carbonyl (C=O) groups excluding carboxylic acids is 1. The van der Waals surface area contributed by atoms with E-state index >= 15 is 0 Å². The summed E-state index contributed by atoms with van der Waals surface area (Å²) in [4.78, 5) is 14.7. The summed E-state index contributed by atoms with van der Waals surface area (Å²) in [5, 5.41) is 7.70. The van der Waals surface area contributed by atoms with Gasteiger partial charge in [-0.1, -0.05) is 22.0 Å². The third kappa shape index (κ3) is 3.33. The Bertz CT molecular complexity index is 704. The molecule has 1 aromatic heterocycles. The lowest BCUT2D eigenvalue weighted by molar-refractivity contribution is 0.0706. The normalized spacial score (nSPS) is 15.9. The molecule has 2 aromatic rings. The highest BCUT2D eigenvalue weighted by Crippen LogP contribution is 2.20. The fraction of sp³-hybridized carbons (Fsp3) is 0.412. The minimum Gasteiger partial charge on any atom is -0.338 e. The third-order valence-corrected chi connectivity index (χ3v) is 4.98. The van der Waals surface area contributed by atoms with Gasteiger partial charge in [0.15, 0.2) is 0 Å². The summed E-state index contributed by atoms with van der Waals surface area (Å²) >= 11 is 3.47. The molecule has 1 aromatic carbocycles. The van der Waals surface area contributed by atoms with Crippen molar-refractivity contribution in [3.8, 4) is 5.69 Å². The van der Waals surface area contributed by atoms with Gasteiger partial charge in [-0.3, -0.25) is 4.79 Å². The van der Waals surface area contributed by atoms with Gasteiger partial charge in [-0.25, -0.2) is 4.68 Å². The van der Waals surface area contributed by atoms with E-state index in [-0.39, 0.29) is 5.91 Å². The van der Waals surface area contributed by atoms with Crippen molar-refractivity contribution in [1.82, 2.24) is 20.0 Å². The number of aromatic nitrogens is 2. The first-order chi connectivity index (χ1) is 11.1. The van der Waals surface area contributed by atoms with Crippen molar-refractivity contribution in [1.29, 1.82) is 0 Å². The van der Waals surface area contributed by atoms with Crippen LogP contribution in [0.15, 0.2) is 34.9 Å². The van der Waals surface area contributed by atoms with Gasteiger partial charge in [0, 0.05) is 23.6 Å². The maximum Gasteiger partial charge on any atom is 0.257 e. The van der Waals surface area contributed by atoms with Crippen LogP contribution in [0.1, 0.15) is 28.9 Å². The Kier molecular flexibility index (Phi) is 4.82. The second-order valence-electron chi connectivity index (χ2n) is 5.89. The maximum absolute atomic E-state index is 12.8. The summed E-state index contributed by atoms with van der Waals surface area (Å²) in [7, 11) is 1.98. The molecule has 1 amide bonds. The number of amides is 1. The highest BCUT2D eigenvalue weighted by Gasteiger charge is 2.25. The molecule has 0 atom stereocenters. The van der Waals surface area contributed by atoms with Crippen molar-refractivity contribution in [3.05, 3.63) is 46.2 Å². The predicted octanol–water partition coefficient (Wildman–Crippen LogP) is 2.77. The zero-order valence-corrected chi connectivity index (χ0v) is 15.0. The largest absolute Gasteiger partial charge is 0.338 e. The van der Waals surface area contributed by atoms with Gasteiger partial charge in [0.25, 0.3) is 5.91 Å². The quantitative estimate of drug-likeness (QED) is 0.895. The summed E-state index contributed by atoms with van der Waals surface area (Å²) in [6, 6.07) is 8.43. The van der Waals surface area contributed by atoms with E-state index in [2.05, 4.69) is 26.3 Å². The number of piperidine rings is 1. The van der Waals surface area contributed by atoms with Gasteiger partial charge < -0.3 is 10.2 Å². The second kappa shape index (κ2) is 6.84. The van der Waals surface area contributed by atoms with E-state index in [0.29, 0.717) is 11.6 Å². The molecule has 1 aliphatic heterocycles. The van der Waals surface area contributed by atoms with E-state index in [1.54, 1.807) is 6.20 Å². The number of carbonyl (C=O) groups is 1. The van der Waals surface area contributed by atoms with E-state index in [4.69, 9.17) is 0 Å². The molecule has 1 fully saturated rings. The van der Waals surface area contributed by atoms with E-state index < -0.39 is 0 Å². The van der Waals surface area contributed by atoms with Crippen molar-refractivity contribution in [2.45, 2.75) is 25.8 Å². The van der Waals surface area contributed by atoms with Crippen molar-refractivity contribution < 1.29 is 4.79 Å². The minimum absolute atomic E-state index is 0.0818. The molecule has 0 unspecified atom stereocenters. The van der Waals surface area contributed by atoms with Crippen LogP contribution in [0.4, 0.5) is 0 Å². The summed E-state index contributed by atoms with van der Waals surface area (Å²) < 4.78 is 2.81. The van der Waals surface area contributed by atoms with Crippen LogP contribution in [0.5, 0.6) is 0 Å². The van der Waals surface area contributed by atoms with Crippen LogP contribution in [-0.2, 0) is 0 Å². The van der Waals surface area contributed by atoms with Crippen LogP contribution in [-0.4, -0.2) is 46.8 Å². The number of nitrogens with zero attached hydrogens (tertiary/aromatic N) is 3. The molecule has 23 heavy (non-hydrogen) atoms. The smallest absolute Gasteiger partial charge is 0.257 e. The molecule has 5 nitrogen and oxygen atoms in total. The summed E-state index contributed by atoms with van der Waals surface area (Å²) in [5.41, 5.74) is 2.52. The van der Waals surface area contributed by atoms with Crippen LogP contribution in [0.25, 0.3) is 5.69 Å². The number of rotatable bonds is 3. The van der Waals surface area contributed by atoms with Crippen LogP contribution < -0.4 is 5.32 Å². The fourth-order valence-electron chi connectivity index (χ4n) is 3.03. The SMILES string of the molecule is CNC1CCN(C(=O)c2cnn(-c3cccc(Br)c3)c2C)CC1. The Hall–Kier alpha value is -1.66. The number of benzene rings is 1. The Morgan fingerprint density at radius 3 is 2.74 bits per heavy atom. The fourth-order valence-corrected chi connectivity index (χ4v) is 3.42. The molecule has 0 radical (unpaired) electrons. The van der Waals surface area contributed by atoms with Gasteiger partial charge in [-0.2, -0.15) is 5.10 Å². The van der Waals surface area contributed by atoms with Crippen molar-refractivity contribution in [3.63, 3.8) is 0 Å². The highest BCUT2D eigenvalue weighted by atomic mass is 79.9. The average molecular weight is 377 g/mol. The van der Waals surface area contributed by atoms with Gasteiger partial charge in [0.2, 0.25) is 0 Å². The minimum atomic E-state index is 0.0818. The molecule has 3 rings (SSSR count). The molecule has 1 N–H and O–H groups in total. The topological polar surface area (TPSA) is 50.2 Å². The van der Waals surface area contributed by atoms with Crippen LogP contribution in [0, 0.1) is 6.92 Å². The van der Waals surface area contributed by atoms with Gasteiger partial charge in [-0.05, 0) is 45.0 Å². The lowest BCUT2D eigenvalue weighted by Gasteiger charge is -2.31. The van der Waals surface area contributed by atoms with Gasteiger partial charge in [0.1, 0.15) is 0 Å². The lowest BCUT2D eigenvalue weighted by atomic mass is 10.0. The molecule has 1 saturated heterocycles. The van der Waals surface area contributed by atoms with Crippen LogP contribution in [0.3, 0.4) is 0 Å². The molecule has 122 valence electrons. The number of halogens is 1. The average Bonchev–Trinajstić information content (AvgIpc) is 2.96. The van der Waals surface area contributed by atoms with E-state index in [0.717, 1.165) is 41.8 Å². The Labute approximate surface area is 144 Å². The van der Waals surface area contributed by atoms with Crippen LogP contribution >= 0.6 is 15.9 Å². The standard InChI is InChI=1S/C17H21BrN4O/c1-12-16(17(23)21-8-6-14(19-2)7-9-21)11-20-22(12)15-5-3-4-13(18)10-15/h3-5,10-11,14,19H,6-9H2,1-2H3. The number of hydrogen-bond acceptors (Lipinski definition) is 3. The monoisotopic (exact) mass is 376 g/mol. The van der Waals surface area contributed by atoms with E-state index in [1.807, 2.05) is 47.8 Å².